The van der Waals surface area contributed by atoms with Gasteiger partial charge in [0.15, 0.2) is 12.4 Å². The molecule has 0 fully saturated rings. The van der Waals surface area contributed by atoms with E-state index in [4.69, 9.17) is 9.47 Å². The maximum atomic E-state index is 9.68. The summed E-state index contributed by atoms with van der Waals surface area (Å²) < 4.78 is 12.9. The normalized spacial score (nSPS) is 12.2. The zero-order valence-corrected chi connectivity index (χ0v) is 13.6. The van der Waals surface area contributed by atoms with Gasteiger partial charge in [0.2, 0.25) is 6.04 Å². The van der Waals surface area contributed by atoms with Crippen LogP contribution in [0.4, 0.5) is 0 Å². The molecule has 0 bridgehead atoms. The fourth-order valence-corrected chi connectivity index (χ4v) is 2.54. The first-order valence-electron chi connectivity index (χ1n) is 7.86. The van der Waals surface area contributed by atoms with Crippen LogP contribution in [0.25, 0.3) is 10.8 Å². The number of aliphatic hydroxyl groups excluding tert-OH is 1. The van der Waals surface area contributed by atoms with Crippen LogP contribution in [0.2, 0.25) is 0 Å². The van der Waals surface area contributed by atoms with Crippen molar-refractivity contribution in [3.05, 3.63) is 66.7 Å². The molecule has 5 heteroatoms. The molecule has 24 heavy (non-hydrogen) atoms. The Morgan fingerprint density at radius 3 is 2.71 bits per heavy atom. The molecule has 0 aliphatic heterocycles. The Morgan fingerprint density at radius 2 is 1.96 bits per heavy atom. The third-order valence-electron chi connectivity index (χ3n) is 3.97. The van der Waals surface area contributed by atoms with E-state index in [1.807, 2.05) is 59.6 Å². The minimum absolute atomic E-state index is 0.0129. The molecule has 0 saturated heterocycles. The van der Waals surface area contributed by atoms with Gasteiger partial charge in [-0.25, -0.2) is 0 Å². The summed E-state index contributed by atoms with van der Waals surface area (Å²) in [5.41, 5.74) is 1.07. The number of rotatable bonds is 7. The predicted molar refractivity (Wildman–Crippen MR) is 90.7 cm³/mol. The highest BCUT2D eigenvalue weighted by molar-refractivity contribution is 5.79. The molecule has 0 saturated carbocycles. The van der Waals surface area contributed by atoms with Crippen LogP contribution in [-0.2, 0) is 11.3 Å². The first-order valence-corrected chi connectivity index (χ1v) is 7.86. The van der Waals surface area contributed by atoms with E-state index in [0.29, 0.717) is 13.2 Å². The second-order valence-electron chi connectivity index (χ2n) is 5.60. The van der Waals surface area contributed by atoms with Crippen molar-refractivity contribution in [3.63, 3.8) is 0 Å². The van der Waals surface area contributed by atoms with Gasteiger partial charge in [-0.1, -0.05) is 12.1 Å². The van der Waals surface area contributed by atoms with E-state index in [-0.39, 0.29) is 12.6 Å². The summed E-state index contributed by atoms with van der Waals surface area (Å²) in [7, 11) is 1.65. The Hall–Kier alpha value is -2.50. The van der Waals surface area contributed by atoms with Crippen molar-refractivity contribution in [2.24, 2.45) is 0 Å². The van der Waals surface area contributed by atoms with Crippen LogP contribution < -0.4 is 9.30 Å². The van der Waals surface area contributed by atoms with Gasteiger partial charge in [0, 0.05) is 18.5 Å². The van der Waals surface area contributed by atoms with Gasteiger partial charge in [-0.05, 0) is 29.1 Å². The van der Waals surface area contributed by atoms with Gasteiger partial charge in [0.05, 0.1) is 19.1 Å². The molecule has 1 atom stereocenters. The summed E-state index contributed by atoms with van der Waals surface area (Å²) in [4.78, 5) is 4.14. The van der Waals surface area contributed by atoms with Crippen molar-refractivity contribution >= 4 is 10.8 Å². The fraction of sp³-hybridized carbons (Fsp3) is 0.263. The van der Waals surface area contributed by atoms with Crippen molar-refractivity contribution in [1.29, 1.82) is 0 Å². The number of aliphatic hydroxyl groups is 1. The van der Waals surface area contributed by atoms with Crippen molar-refractivity contribution < 1.29 is 19.1 Å². The van der Waals surface area contributed by atoms with Crippen LogP contribution in [0.1, 0.15) is 11.6 Å². The number of fused-ring (bicyclic) bond motifs is 1. The van der Waals surface area contributed by atoms with Gasteiger partial charge < -0.3 is 14.6 Å². The predicted octanol–water partition coefficient (Wildman–Crippen LogP) is 2.28. The molecule has 0 radical (unpaired) electrons. The number of ether oxygens (including phenoxy) is 2. The average molecular weight is 325 g/mol. The lowest BCUT2D eigenvalue weighted by molar-refractivity contribution is -0.725. The summed E-state index contributed by atoms with van der Waals surface area (Å²) >= 11 is 0. The van der Waals surface area contributed by atoms with E-state index >= 15 is 0 Å². The smallest absolute Gasteiger partial charge is 0.204 e. The number of pyridine rings is 2. The van der Waals surface area contributed by atoms with Crippen LogP contribution in [-0.4, -0.2) is 30.4 Å². The van der Waals surface area contributed by atoms with Gasteiger partial charge >= 0.3 is 0 Å². The SMILES string of the molecule is COc1ccc(COC[C@H](CO)[n+]2ccc3ccncc3c2)cc1. The van der Waals surface area contributed by atoms with E-state index in [1.165, 1.54) is 0 Å². The lowest BCUT2D eigenvalue weighted by Crippen LogP contribution is -2.43. The summed E-state index contributed by atoms with van der Waals surface area (Å²) in [6.07, 6.45) is 7.53. The van der Waals surface area contributed by atoms with Crippen LogP contribution in [0.15, 0.2) is 61.2 Å². The monoisotopic (exact) mass is 325 g/mol. The van der Waals surface area contributed by atoms with Gasteiger partial charge in [0.25, 0.3) is 0 Å². The highest BCUT2D eigenvalue weighted by atomic mass is 16.5. The van der Waals surface area contributed by atoms with E-state index in [0.717, 1.165) is 22.1 Å². The highest BCUT2D eigenvalue weighted by Gasteiger charge is 2.18. The Bertz CT molecular complexity index is 790. The average Bonchev–Trinajstić information content (AvgIpc) is 2.65. The number of nitrogens with zero attached hydrogens (tertiary/aromatic N) is 2. The fourth-order valence-electron chi connectivity index (χ4n) is 2.54. The van der Waals surface area contributed by atoms with Crippen molar-refractivity contribution in [2.75, 3.05) is 20.3 Å². The molecule has 0 unspecified atom stereocenters. The molecule has 1 aromatic carbocycles. The Morgan fingerprint density at radius 1 is 1.12 bits per heavy atom. The topological polar surface area (TPSA) is 55.5 Å². The van der Waals surface area contributed by atoms with Crippen molar-refractivity contribution in [3.8, 4) is 5.75 Å². The summed E-state index contributed by atoms with van der Waals surface area (Å²) in [5.74, 6) is 0.826. The molecule has 3 aromatic rings. The summed E-state index contributed by atoms with van der Waals surface area (Å²) in [5, 5.41) is 11.8. The van der Waals surface area contributed by atoms with Crippen LogP contribution in [0, 0.1) is 0 Å². The minimum Gasteiger partial charge on any atom is -0.497 e. The molecule has 0 spiro atoms. The Labute approximate surface area is 141 Å². The molecule has 2 heterocycles. The number of hydrogen-bond donors (Lipinski definition) is 1. The standard InChI is InChI=1S/C19H21N2O3/c1-23-19-4-2-15(3-5-19)13-24-14-18(12-22)21-9-7-16-6-8-20-10-17(16)11-21/h2-11,18,22H,12-14H2,1H3/q+1/t18-/m0/s1. The third kappa shape index (κ3) is 3.88. The zero-order chi connectivity index (χ0) is 16.8. The van der Waals surface area contributed by atoms with E-state index < -0.39 is 0 Å². The van der Waals surface area contributed by atoms with Crippen LogP contribution in [0.5, 0.6) is 5.75 Å². The molecular formula is C19H21N2O3+. The number of aromatic nitrogens is 2. The van der Waals surface area contributed by atoms with Crippen molar-refractivity contribution in [2.45, 2.75) is 12.6 Å². The summed E-state index contributed by atoms with van der Waals surface area (Å²) in [6.45, 7) is 0.939. The second kappa shape index (κ2) is 7.86. The molecule has 0 amide bonds. The Balaban J connectivity index is 1.62. The molecule has 5 nitrogen and oxygen atoms in total. The number of methoxy groups -OCH3 is 1. The van der Waals surface area contributed by atoms with Crippen LogP contribution >= 0.6 is 0 Å². The van der Waals surface area contributed by atoms with E-state index in [9.17, 15) is 5.11 Å². The van der Waals surface area contributed by atoms with E-state index in [2.05, 4.69) is 4.98 Å². The first kappa shape index (κ1) is 16.4. The van der Waals surface area contributed by atoms with Gasteiger partial charge in [-0.2, -0.15) is 4.57 Å². The molecular weight excluding hydrogens is 304 g/mol. The van der Waals surface area contributed by atoms with Crippen LogP contribution in [0.3, 0.4) is 0 Å². The van der Waals surface area contributed by atoms with Gasteiger partial charge in [0.1, 0.15) is 19.0 Å². The maximum Gasteiger partial charge on any atom is 0.204 e. The van der Waals surface area contributed by atoms with Gasteiger partial charge in [-0.15, -0.1) is 0 Å². The lowest BCUT2D eigenvalue weighted by Gasteiger charge is -2.11. The molecule has 0 aliphatic rings. The van der Waals surface area contributed by atoms with Gasteiger partial charge in [-0.3, -0.25) is 4.98 Å². The van der Waals surface area contributed by atoms with E-state index in [1.54, 1.807) is 13.3 Å². The lowest BCUT2D eigenvalue weighted by atomic mass is 10.2. The third-order valence-corrected chi connectivity index (χ3v) is 3.97. The molecule has 124 valence electrons. The second-order valence-corrected chi connectivity index (χ2v) is 5.60. The Kier molecular flexibility index (Phi) is 5.36. The first-order chi connectivity index (χ1) is 11.8. The molecule has 2 aromatic heterocycles. The molecule has 1 N–H and O–H groups in total. The highest BCUT2D eigenvalue weighted by Crippen LogP contribution is 2.13. The summed E-state index contributed by atoms with van der Waals surface area (Å²) in [6, 6.07) is 11.6. The largest absolute Gasteiger partial charge is 0.497 e. The molecule has 3 rings (SSSR count). The zero-order valence-electron chi connectivity index (χ0n) is 13.6. The minimum atomic E-state index is -0.132. The maximum absolute atomic E-state index is 9.68. The van der Waals surface area contributed by atoms with Crippen molar-refractivity contribution in [1.82, 2.24) is 4.98 Å². The molecule has 0 aliphatic carbocycles. The quantitative estimate of drug-likeness (QED) is 0.677. The number of hydrogen-bond acceptors (Lipinski definition) is 4. The number of benzene rings is 1.